The third-order valence-electron chi connectivity index (χ3n) is 6.14. The number of nitrogens with zero attached hydrogens (tertiary/aromatic N) is 4. The number of carbonyl (C=O) groups is 3. The Hall–Kier alpha value is -4.58. The van der Waals surface area contributed by atoms with E-state index in [2.05, 4.69) is 32.3 Å². The summed E-state index contributed by atoms with van der Waals surface area (Å²) in [6, 6.07) is 9.57. The Bertz CT molecular complexity index is 1510. The van der Waals surface area contributed by atoms with Crippen molar-refractivity contribution in [1.29, 1.82) is 0 Å². The van der Waals surface area contributed by atoms with Crippen molar-refractivity contribution < 1.29 is 18.8 Å². The monoisotopic (exact) mass is 533 g/mol. The number of anilines is 2. The van der Waals surface area contributed by atoms with Crippen LogP contribution in [-0.4, -0.2) is 48.9 Å². The molecule has 0 radical (unpaired) electrons. The SMILES string of the molecule is C=CC(=O)Nc1cnc(NC(=O)c2nn(Cc3ccc(F)cc3)c3c2CN(C(=O)c2ccc[nH]2)C[C@H]3C)s1. The molecule has 0 saturated heterocycles. The van der Waals surface area contributed by atoms with E-state index in [9.17, 15) is 18.8 Å². The summed E-state index contributed by atoms with van der Waals surface area (Å²) in [6.07, 6.45) is 4.26. The number of hydrogen-bond donors (Lipinski definition) is 3. The van der Waals surface area contributed by atoms with Crippen LogP contribution in [0.15, 0.2) is 61.4 Å². The molecule has 1 aliphatic heterocycles. The normalized spacial score (nSPS) is 14.6. The second-order valence-electron chi connectivity index (χ2n) is 8.84. The van der Waals surface area contributed by atoms with Gasteiger partial charge >= 0.3 is 0 Å². The van der Waals surface area contributed by atoms with Gasteiger partial charge in [0.2, 0.25) is 5.91 Å². The lowest BCUT2D eigenvalue weighted by Gasteiger charge is -2.32. The number of amides is 3. The molecule has 3 amide bonds. The number of aromatic amines is 1. The maximum Gasteiger partial charge on any atom is 0.278 e. The second kappa shape index (κ2) is 10.4. The minimum absolute atomic E-state index is 0.118. The van der Waals surface area contributed by atoms with E-state index in [-0.39, 0.29) is 40.9 Å². The molecule has 1 atom stereocenters. The first-order chi connectivity index (χ1) is 18.3. The third-order valence-corrected chi connectivity index (χ3v) is 6.97. The zero-order valence-electron chi connectivity index (χ0n) is 20.4. The van der Waals surface area contributed by atoms with E-state index >= 15 is 0 Å². The van der Waals surface area contributed by atoms with Gasteiger partial charge in [0.1, 0.15) is 16.5 Å². The summed E-state index contributed by atoms with van der Waals surface area (Å²) in [5, 5.41) is 10.7. The van der Waals surface area contributed by atoms with Gasteiger partial charge in [-0.05, 0) is 35.9 Å². The number of benzene rings is 1. The van der Waals surface area contributed by atoms with Crippen LogP contribution >= 0.6 is 11.3 Å². The fraction of sp³-hybridized carbons (Fsp3) is 0.192. The zero-order chi connectivity index (χ0) is 26.8. The predicted molar refractivity (Wildman–Crippen MR) is 141 cm³/mol. The van der Waals surface area contributed by atoms with Crippen molar-refractivity contribution in [2.24, 2.45) is 0 Å². The van der Waals surface area contributed by atoms with E-state index in [0.717, 1.165) is 28.7 Å². The van der Waals surface area contributed by atoms with Gasteiger partial charge in [-0.2, -0.15) is 5.10 Å². The number of halogens is 1. The van der Waals surface area contributed by atoms with Gasteiger partial charge in [-0.3, -0.25) is 24.4 Å². The Balaban J connectivity index is 1.47. The molecule has 0 saturated carbocycles. The maximum atomic E-state index is 13.5. The van der Waals surface area contributed by atoms with Crippen LogP contribution in [0.1, 0.15) is 50.6 Å². The quantitative estimate of drug-likeness (QED) is 0.310. The number of thiazole rings is 1. The summed E-state index contributed by atoms with van der Waals surface area (Å²) < 4.78 is 15.2. The number of carbonyl (C=O) groups excluding carboxylic acids is 3. The molecule has 10 nitrogen and oxygen atoms in total. The van der Waals surface area contributed by atoms with E-state index < -0.39 is 5.91 Å². The molecule has 0 fully saturated rings. The summed E-state index contributed by atoms with van der Waals surface area (Å²) in [5.74, 6) is -1.51. The number of rotatable bonds is 7. The van der Waals surface area contributed by atoms with Gasteiger partial charge in [0.15, 0.2) is 10.8 Å². The lowest BCUT2D eigenvalue weighted by molar-refractivity contribution is -0.111. The molecule has 4 aromatic rings. The van der Waals surface area contributed by atoms with Gasteiger partial charge in [-0.15, -0.1) is 0 Å². The molecule has 38 heavy (non-hydrogen) atoms. The molecule has 0 spiro atoms. The Kier molecular flexibility index (Phi) is 6.88. The fourth-order valence-corrected chi connectivity index (χ4v) is 5.18. The number of H-pyrrole nitrogens is 1. The van der Waals surface area contributed by atoms with Crippen molar-refractivity contribution in [1.82, 2.24) is 24.6 Å². The molecule has 4 heterocycles. The molecule has 194 valence electrons. The molecule has 3 aromatic heterocycles. The van der Waals surface area contributed by atoms with Crippen LogP contribution in [0.5, 0.6) is 0 Å². The maximum absolute atomic E-state index is 13.5. The second-order valence-corrected chi connectivity index (χ2v) is 9.87. The largest absolute Gasteiger partial charge is 0.357 e. The van der Waals surface area contributed by atoms with Crippen molar-refractivity contribution in [3.63, 3.8) is 0 Å². The van der Waals surface area contributed by atoms with Crippen LogP contribution in [-0.2, 0) is 17.9 Å². The van der Waals surface area contributed by atoms with Gasteiger partial charge in [-0.25, -0.2) is 9.37 Å². The lowest BCUT2D eigenvalue weighted by atomic mass is 9.95. The van der Waals surface area contributed by atoms with Crippen LogP contribution < -0.4 is 10.6 Å². The first kappa shape index (κ1) is 25.1. The topological polar surface area (TPSA) is 125 Å². The van der Waals surface area contributed by atoms with Crippen LogP contribution in [0.4, 0.5) is 14.5 Å². The molecule has 1 aliphatic rings. The first-order valence-electron chi connectivity index (χ1n) is 11.8. The standard InChI is InChI=1S/C26H24FN7O3S/c1-3-20(35)30-21-11-29-26(38-21)31-24(36)22-18-14-33(25(37)19-5-4-10-28-19)12-15(2)23(18)34(32-22)13-16-6-8-17(27)9-7-16/h3-11,15,28H,1,12-14H2,2H3,(H,30,35)(H,29,31,36)/t15-/m1/s1. The summed E-state index contributed by atoms with van der Waals surface area (Å²) in [6.45, 7) is 6.37. The molecule has 5 rings (SSSR count). The van der Waals surface area contributed by atoms with E-state index in [1.165, 1.54) is 18.3 Å². The highest BCUT2D eigenvalue weighted by atomic mass is 32.1. The third kappa shape index (κ3) is 5.11. The van der Waals surface area contributed by atoms with Crippen LogP contribution in [0.25, 0.3) is 0 Å². The highest BCUT2D eigenvalue weighted by molar-refractivity contribution is 7.19. The molecule has 3 N–H and O–H groups in total. The summed E-state index contributed by atoms with van der Waals surface area (Å²) in [7, 11) is 0. The zero-order valence-corrected chi connectivity index (χ0v) is 21.2. The molecule has 0 unspecified atom stereocenters. The molecule has 12 heteroatoms. The van der Waals surface area contributed by atoms with Crippen molar-refractivity contribution in [3.05, 3.63) is 95.5 Å². The Morgan fingerprint density at radius 2 is 2.03 bits per heavy atom. The van der Waals surface area contributed by atoms with Gasteiger partial charge in [0, 0.05) is 29.9 Å². The van der Waals surface area contributed by atoms with E-state index in [0.29, 0.717) is 29.3 Å². The number of nitrogens with one attached hydrogen (secondary N) is 3. The van der Waals surface area contributed by atoms with Crippen LogP contribution in [0.3, 0.4) is 0 Å². The van der Waals surface area contributed by atoms with Gasteiger partial charge in [0.25, 0.3) is 11.8 Å². The van der Waals surface area contributed by atoms with Crippen molar-refractivity contribution >= 4 is 39.2 Å². The molecular weight excluding hydrogens is 509 g/mol. The number of hydrogen-bond acceptors (Lipinski definition) is 6. The fourth-order valence-electron chi connectivity index (χ4n) is 4.46. The van der Waals surface area contributed by atoms with Crippen LogP contribution in [0, 0.1) is 5.82 Å². The summed E-state index contributed by atoms with van der Waals surface area (Å²) in [5.41, 5.74) is 2.93. The minimum Gasteiger partial charge on any atom is -0.357 e. The van der Waals surface area contributed by atoms with Gasteiger partial charge < -0.3 is 15.2 Å². The number of aromatic nitrogens is 4. The summed E-state index contributed by atoms with van der Waals surface area (Å²) >= 11 is 1.09. The Morgan fingerprint density at radius 1 is 1.24 bits per heavy atom. The highest BCUT2D eigenvalue weighted by Crippen LogP contribution is 2.33. The average molecular weight is 534 g/mol. The Labute approximate surface area is 221 Å². The van der Waals surface area contributed by atoms with E-state index in [4.69, 9.17) is 0 Å². The van der Waals surface area contributed by atoms with Gasteiger partial charge in [-0.1, -0.05) is 37.0 Å². The molecular formula is C26H24FN7O3S. The summed E-state index contributed by atoms with van der Waals surface area (Å²) in [4.78, 5) is 46.9. The van der Waals surface area contributed by atoms with Crippen molar-refractivity contribution in [2.75, 3.05) is 17.2 Å². The lowest BCUT2D eigenvalue weighted by Crippen LogP contribution is -2.38. The highest BCUT2D eigenvalue weighted by Gasteiger charge is 2.34. The van der Waals surface area contributed by atoms with Gasteiger partial charge in [0.05, 0.1) is 19.3 Å². The van der Waals surface area contributed by atoms with Crippen molar-refractivity contribution in [2.45, 2.75) is 25.9 Å². The smallest absolute Gasteiger partial charge is 0.278 e. The molecule has 1 aromatic carbocycles. The van der Waals surface area contributed by atoms with Crippen molar-refractivity contribution in [3.8, 4) is 0 Å². The van der Waals surface area contributed by atoms with Crippen LogP contribution in [0.2, 0.25) is 0 Å². The first-order valence-corrected chi connectivity index (χ1v) is 12.6. The molecule has 0 bridgehead atoms. The predicted octanol–water partition coefficient (Wildman–Crippen LogP) is 3.99. The average Bonchev–Trinajstić information content (AvgIpc) is 3.66. The van der Waals surface area contributed by atoms with E-state index in [1.54, 1.807) is 40.0 Å². The Morgan fingerprint density at radius 3 is 2.74 bits per heavy atom. The van der Waals surface area contributed by atoms with E-state index in [1.807, 2.05) is 6.92 Å². The molecule has 0 aliphatic carbocycles. The minimum atomic E-state index is -0.489. The number of fused-ring (bicyclic) bond motifs is 1.